The van der Waals surface area contributed by atoms with Crippen LogP contribution in [0, 0.1) is 5.92 Å². The van der Waals surface area contributed by atoms with Gasteiger partial charge in [0.2, 0.25) is 5.91 Å². The highest BCUT2D eigenvalue weighted by Gasteiger charge is 2.31. The summed E-state index contributed by atoms with van der Waals surface area (Å²) >= 11 is 0. The Morgan fingerprint density at radius 3 is 2.35 bits per heavy atom. The standard InChI is InChI=1S/C21H31NO4/c1-7-11-17(14-18(23)26-21(3,4)5)20(25)22(6)15(2)19(24)16-12-9-8-10-13-16/h7-10,12-13,15,17,19,24H,1,11,14H2,2-6H3/t15-,17?,19+/m0/s1. The number of rotatable bonds is 8. The number of ether oxygens (including phenoxy) is 1. The van der Waals surface area contributed by atoms with E-state index in [9.17, 15) is 14.7 Å². The fourth-order valence-electron chi connectivity index (χ4n) is 2.69. The van der Waals surface area contributed by atoms with Crippen molar-refractivity contribution >= 4 is 11.9 Å². The largest absolute Gasteiger partial charge is 0.460 e. The average molecular weight is 361 g/mol. The van der Waals surface area contributed by atoms with Crippen LogP contribution in [0.25, 0.3) is 0 Å². The van der Waals surface area contributed by atoms with Crippen LogP contribution >= 0.6 is 0 Å². The maximum absolute atomic E-state index is 12.9. The topological polar surface area (TPSA) is 66.8 Å². The van der Waals surface area contributed by atoms with Crippen molar-refractivity contribution in [2.75, 3.05) is 7.05 Å². The molecule has 0 aliphatic rings. The van der Waals surface area contributed by atoms with E-state index >= 15 is 0 Å². The number of hydrogen-bond donors (Lipinski definition) is 1. The normalized spacial score (nSPS) is 14.8. The zero-order chi connectivity index (χ0) is 19.9. The molecule has 144 valence electrons. The molecule has 3 atom stereocenters. The number of aliphatic hydroxyl groups is 1. The first-order chi connectivity index (χ1) is 12.1. The van der Waals surface area contributed by atoms with Crippen LogP contribution in [0.5, 0.6) is 0 Å². The summed E-state index contributed by atoms with van der Waals surface area (Å²) in [5, 5.41) is 10.5. The summed E-state index contributed by atoms with van der Waals surface area (Å²) < 4.78 is 5.33. The highest BCUT2D eigenvalue weighted by Crippen LogP contribution is 2.23. The van der Waals surface area contributed by atoms with Gasteiger partial charge in [0.1, 0.15) is 5.60 Å². The summed E-state index contributed by atoms with van der Waals surface area (Å²) in [4.78, 5) is 26.5. The molecule has 1 aromatic rings. The molecule has 0 heterocycles. The third kappa shape index (κ3) is 6.64. The van der Waals surface area contributed by atoms with Gasteiger partial charge in [-0.25, -0.2) is 0 Å². The van der Waals surface area contributed by atoms with Crippen molar-refractivity contribution in [3.05, 3.63) is 48.6 Å². The van der Waals surface area contributed by atoms with Gasteiger partial charge in [-0.05, 0) is 39.7 Å². The Labute approximate surface area is 156 Å². The van der Waals surface area contributed by atoms with Gasteiger partial charge in [0.15, 0.2) is 0 Å². The molecule has 0 radical (unpaired) electrons. The number of allylic oxidation sites excluding steroid dienone is 1. The lowest BCUT2D eigenvalue weighted by atomic mass is 9.97. The number of hydrogen-bond acceptors (Lipinski definition) is 4. The summed E-state index contributed by atoms with van der Waals surface area (Å²) in [6.07, 6.45) is 1.17. The summed E-state index contributed by atoms with van der Waals surface area (Å²) in [5.74, 6) is -1.18. The molecule has 1 N–H and O–H groups in total. The number of nitrogens with zero attached hydrogens (tertiary/aromatic N) is 1. The second-order valence-electron chi connectivity index (χ2n) is 7.56. The third-order valence-corrected chi connectivity index (χ3v) is 4.19. The first-order valence-corrected chi connectivity index (χ1v) is 8.89. The number of aliphatic hydroxyl groups excluding tert-OH is 1. The predicted molar refractivity (Wildman–Crippen MR) is 102 cm³/mol. The molecule has 26 heavy (non-hydrogen) atoms. The van der Waals surface area contributed by atoms with Crippen molar-refractivity contribution in [3.63, 3.8) is 0 Å². The maximum atomic E-state index is 12.9. The molecule has 5 heteroatoms. The van der Waals surface area contributed by atoms with Crippen LogP contribution in [0.4, 0.5) is 0 Å². The Morgan fingerprint density at radius 1 is 1.27 bits per heavy atom. The Hall–Kier alpha value is -2.14. The van der Waals surface area contributed by atoms with E-state index in [1.54, 1.807) is 40.8 Å². The van der Waals surface area contributed by atoms with Crippen LogP contribution in [0.15, 0.2) is 43.0 Å². The predicted octanol–water partition coefficient (Wildman–Crippen LogP) is 3.49. The van der Waals surface area contributed by atoms with Crippen LogP contribution in [0.3, 0.4) is 0 Å². The number of likely N-dealkylation sites (N-methyl/N-ethyl adjacent to an activating group) is 1. The second kappa shape index (κ2) is 9.53. The number of benzene rings is 1. The molecule has 5 nitrogen and oxygen atoms in total. The lowest BCUT2D eigenvalue weighted by Crippen LogP contribution is -2.43. The van der Waals surface area contributed by atoms with Crippen molar-refractivity contribution < 1.29 is 19.4 Å². The van der Waals surface area contributed by atoms with Gasteiger partial charge in [0.25, 0.3) is 0 Å². The van der Waals surface area contributed by atoms with E-state index in [2.05, 4.69) is 6.58 Å². The van der Waals surface area contributed by atoms with Gasteiger partial charge in [-0.1, -0.05) is 36.4 Å². The minimum atomic E-state index is -0.809. The van der Waals surface area contributed by atoms with Gasteiger partial charge >= 0.3 is 5.97 Å². The number of esters is 1. The van der Waals surface area contributed by atoms with E-state index in [4.69, 9.17) is 4.74 Å². The van der Waals surface area contributed by atoms with Crippen LogP contribution in [-0.4, -0.2) is 40.6 Å². The molecule has 0 fully saturated rings. The number of carbonyl (C=O) groups excluding carboxylic acids is 2. The maximum Gasteiger partial charge on any atom is 0.307 e. The van der Waals surface area contributed by atoms with Crippen molar-refractivity contribution in [2.45, 2.75) is 58.3 Å². The Morgan fingerprint density at radius 2 is 1.85 bits per heavy atom. The van der Waals surface area contributed by atoms with Crippen molar-refractivity contribution in [3.8, 4) is 0 Å². The van der Waals surface area contributed by atoms with Crippen molar-refractivity contribution in [1.29, 1.82) is 0 Å². The van der Waals surface area contributed by atoms with Gasteiger partial charge in [0, 0.05) is 7.05 Å². The summed E-state index contributed by atoms with van der Waals surface area (Å²) in [6.45, 7) is 10.8. The summed E-state index contributed by atoms with van der Waals surface area (Å²) in [7, 11) is 1.64. The fourth-order valence-corrected chi connectivity index (χ4v) is 2.69. The molecule has 0 bridgehead atoms. The molecule has 1 aromatic carbocycles. The van der Waals surface area contributed by atoms with E-state index in [-0.39, 0.29) is 12.3 Å². The number of carbonyl (C=O) groups is 2. The van der Waals surface area contributed by atoms with Gasteiger partial charge in [0.05, 0.1) is 24.5 Å². The van der Waals surface area contributed by atoms with Crippen LogP contribution in [0.2, 0.25) is 0 Å². The van der Waals surface area contributed by atoms with Gasteiger partial charge < -0.3 is 14.7 Å². The Bertz CT molecular complexity index is 606. The molecule has 0 saturated heterocycles. The lowest BCUT2D eigenvalue weighted by molar-refractivity contribution is -0.158. The quantitative estimate of drug-likeness (QED) is 0.568. The molecule has 1 amide bonds. The molecule has 1 unspecified atom stereocenters. The molecular weight excluding hydrogens is 330 g/mol. The smallest absolute Gasteiger partial charge is 0.307 e. The van der Waals surface area contributed by atoms with Gasteiger partial charge in [-0.3, -0.25) is 9.59 Å². The van der Waals surface area contributed by atoms with Crippen LogP contribution in [0.1, 0.15) is 52.2 Å². The van der Waals surface area contributed by atoms with Crippen LogP contribution < -0.4 is 0 Å². The monoisotopic (exact) mass is 361 g/mol. The van der Waals surface area contributed by atoms with Gasteiger partial charge in [-0.15, -0.1) is 6.58 Å². The van der Waals surface area contributed by atoms with E-state index in [1.165, 1.54) is 4.90 Å². The first-order valence-electron chi connectivity index (χ1n) is 8.89. The first kappa shape index (κ1) is 21.9. The van der Waals surface area contributed by atoms with Crippen molar-refractivity contribution in [1.82, 2.24) is 4.90 Å². The van der Waals surface area contributed by atoms with Crippen molar-refractivity contribution in [2.24, 2.45) is 5.92 Å². The Balaban J connectivity index is 2.83. The lowest BCUT2D eigenvalue weighted by Gasteiger charge is -2.32. The average Bonchev–Trinajstić information content (AvgIpc) is 2.58. The minimum absolute atomic E-state index is 0.0133. The van der Waals surface area contributed by atoms with E-state index in [0.29, 0.717) is 6.42 Å². The molecule has 0 aliphatic carbocycles. The minimum Gasteiger partial charge on any atom is -0.460 e. The van der Waals surface area contributed by atoms with Crippen LogP contribution in [-0.2, 0) is 14.3 Å². The molecule has 0 saturated carbocycles. The highest BCUT2D eigenvalue weighted by molar-refractivity contribution is 5.84. The van der Waals surface area contributed by atoms with Gasteiger partial charge in [-0.2, -0.15) is 0 Å². The summed E-state index contributed by atoms with van der Waals surface area (Å²) in [5.41, 5.74) is 0.147. The zero-order valence-electron chi connectivity index (χ0n) is 16.4. The van der Waals surface area contributed by atoms with E-state index in [0.717, 1.165) is 5.56 Å². The molecule has 1 rings (SSSR count). The van der Waals surface area contributed by atoms with E-state index < -0.39 is 29.6 Å². The summed E-state index contributed by atoms with van der Waals surface area (Å²) in [6, 6.07) is 8.77. The molecule has 0 aromatic heterocycles. The molecule has 0 spiro atoms. The second-order valence-corrected chi connectivity index (χ2v) is 7.56. The SMILES string of the molecule is C=CCC(CC(=O)OC(C)(C)C)C(=O)N(C)[C@@H](C)[C@@H](O)c1ccccc1. The Kier molecular flexibility index (Phi) is 8.03. The zero-order valence-corrected chi connectivity index (χ0v) is 16.4. The number of amides is 1. The third-order valence-electron chi connectivity index (χ3n) is 4.19. The highest BCUT2D eigenvalue weighted by atomic mass is 16.6. The molecule has 0 aliphatic heterocycles. The van der Waals surface area contributed by atoms with E-state index in [1.807, 2.05) is 30.3 Å². The fraction of sp³-hybridized carbons (Fsp3) is 0.524. The molecular formula is C21H31NO4.